The Bertz CT molecular complexity index is 876. The van der Waals surface area contributed by atoms with Gasteiger partial charge < -0.3 is 19.5 Å². The Kier molecular flexibility index (Phi) is 5.48. The van der Waals surface area contributed by atoms with Crippen LogP contribution in [0.5, 0.6) is 17.2 Å². The van der Waals surface area contributed by atoms with E-state index in [0.29, 0.717) is 21.6 Å². The van der Waals surface area contributed by atoms with E-state index in [1.807, 2.05) is 36.4 Å². The van der Waals surface area contributed by atoms with Gasteiger partial charge in [0, 0.05) is 11.6 Å². The lowest BCUT2D eigenvalue weighted by atomic mass is 10.1. The molecule has 1 aliphatic heterocycles. The second-order valence-electron chi connectivity index (χ2n) is 5.29. The molecule has 0 radical (unpaired) electrons. The summed E-state index contributed by atoms with van der Waals surface area (Å²) in [7, 11) is 4.78. The summed E-state index contributed by atoms with van der Waals surface area (Å²) >= 11 is 1.28. The first-order valence-electron chi connectivity index (χ1n) is 7.78. The second kappa shape index (κ2) is 7.97. The molecule has 3 rings (SSSR count). The molecule has 0 spiro atoms. The van der Waals surface area contributed by atoms with Crippen LogP contribution in [0.1, 0.15) is 5.56 Å². The minimum absolute atomic E-state index is 0.194. The van der Waals surface area contributed by atoms with Gasteiger partial charge in [-0.3, -0.25) is 4.79 Å². The summed E-state index contributed by atoms with van der Waals surface area (Å²) in [4.78, 5) is 17.2. The summed E-state index contributed by atoms with van der Waals surface area (Å²) in [5.41, 5.74) is 1.52. The van der Waals surface area contributed by atoms with Crippen molar-refractivity contribution in [2.24, 2.45) is 4.99 Å². The highest BCUT2D eigenvalue weighted by Crippen LogP contribution is 2.32. The number of amidine groups is 1. The molecular weight excluding hydrogens is 352 g/mol. The average Bonchev–Trinajstić information content (AvgIpc) is 3.01. The predicted octanol–water partition coefficient (Wildman–Crippen LogP) is 3.60. The summed E-state index contributed by atoms with van der Waals surface area (Å²) in [6.07, 6.45) is 1.77. The van der Waals surface area contributed by atoms with Crippen LogP contribution in [-0.2, 0) is 4.79 Å². The first-order chi connectivity index (χ1) is 12.6. The molecule has 0 bridgehead atoms. The maximum Gasteiger partial charge on any atom is 0.264 e. The van der Waals surface area contributed by atoms with Gasteiger partial charge in [0.25, 0.3) is 5.91 Å². The molecule has 134 valence electrons. The topological polar surface area (TPSA) is 69.2 Å². The minimum Gasteiger partial charge on any atom is -0.497 e. The van der Waals surface area contributed by atoms with Crippen molar-refractivity contribution in [3.8, 4) is 17.2 Å². The largest absolute Gasteiger partial charge is 0.497 e. The third-order valence-corrected chi connectivity index (χ3v) is 4.59. The monoisotopic (exact) mass is 370 g/mol. The second-order valence-corrected chi connectivity index (χ2v) is 6.32. The lowest BCUT2D eigenvalue weighted by molar-refractivity contribution is -0.115. The molecule has 0 saturated carbocycles. The Morgan fingerprint density at radius 1 is 0.962 bits per heavy atom. The number of carbonyl (C=O) groups excluding carboxylic acids is 1. The molecule has 1 saturated heterocycles. The highest BCUT2D eigenvalue weighted by Gasteiger charge is 2.24. The fourth-order valence-corrected chi connectivity index (χ4v) is 3.17. The number of amides is 1. The zero-order valence-corrected chi connectivity index (χ0v) is 15.4. The van der Waals surface area contributed by atoms with Gasteiger partial charge in [-0.1, -0.05) is 0 Å². The van der Waals surface area contributed by atoms with Gasteiger partial charge in [-0.2, -0.15) is 0 Å². The Labute approximate surface area is 155 Å². The van der Waals surface area contributed by atoms with Crippen molar-refractivity contribution in [1.29, 1.82) is 0 Å². The van der Waals surface area contributed by atoms with Crippen LogP contribution >= 0.6 is 11.8 Å². The Hall–Kier alpha value is -2.93. The van der Waals surface area contributed by atoms with Crippen LogP contribution in [0.2, 0.25) is 0 Å². The number of thioether (sulfide) groups is 1. The number of ether oxygens (including phenoxy) is 3. The van der Waals surface area contributed by atoms with Crippen LogP contribution in [0.15, 0.2) is 52.4 Å². The lowest BCUT2D eigenvalue weighted by Crippen LogP contribution is -2.19. The summed E-state index contributed by atoms with van der Waals surface area (Å²) in [6, 6.07) is 12.7. The molecule has 0 aromatic heterocycles. The van der Waals surface area contributed by atoms with Crippen molar-refractivity contribution < 1.29 is 19.0 Å². The lowest BCUT2D eigenvalue weighted by Gasteiger charge is -2.07. The summed E-state index contributed by atoms with van der Waals surface area (Å²) in [6.45, 7) is 0. The average molecular weight is 370 g/mol. The van der Waals surface area contributed by atoms with E-state index >= 15 is 0 Å². The molecule has 2 aromatic rings. The van der Waals surface area contributed by atoms with Gasteiger partial charge in [-0.15, -0.1) is 0 Å². The van der Waals surface area contributed by atoms with Gasteiger partial charge in [-0.25, -0.2) is 4.99 Å². The minimum atomic E-state index is -0.194. The third kappa shape index (κ3) is 4.00. The molecule has 7 heteroatoms. The molecule has 1 N–H and O–H groups in total. The Balaban J connectivity index is 1.83. The molecule has 0 aliphatic carbocycles. The molecule has 0 atom stereocenters. The van der Waals surface area contributed by atoms with Crippen molar-refractivity contribution in [3.05, 3.63) is 52.9 Å². The van der Waals surface area contributed by atoms with E-state index < -0.39 is 0 Å². The number of nitrogens with zero attached hydrogens (tertiary/aromatic N) is 1. The van der Waals surface area contributed by atoms with Crippen LogP contribution in [0.4, 0.5) is 5.69 Å². The first-order valence-corrected chi connectivity index (χ1v) is 8.60. The fraction of sp³-hybridized carbons (Fsp3) is 0.158. The molecule has 6 nitrogen and oxygen atoms in total. The predicted molar refractivity (Wildman–Crippen MR) is 103 cm³/mol. The van der Waals surface area contributed by atoms with Crippen LogP contribution in [0.3, 0.4) is 0 Å². The van der Waals surface area contributed by atoms with Crippen molar-refractivity contribution in [1.82, 2.24) is 5.32 Å². The number of hydrogen-bond donors (Lipinski definition) is 1. The molecule has 1 aliphatic rings. The number of nitrogens with one attached hydrogen (secondary N) is 1. The maximum atomic E-state index is 12.2. The Morgan fingerprint density at radius 3 is 2.31 bits per heavy atom. The third-order valence-electron chi connectivity index (χ3n) is 3.68. The SMILES string of the molecule is COc1ccc(N=C2NC(=O)/C(=C/c3ccc(OC)cc3OC)S2)cc1. The molecular formula is C19H18N2O4S. The maximum absolute atomic E-state index is 12.2. The molecule has 26 heavy (non-hydrogen) atoms. The highest BCUT2D eigenvalue weighted by molar-refractivity contribution is 8.18. The van der Waals surface area contributed by atoms with Gasteiger partial charge in [0.1, 0.15) is 17.2 Å². The molecule has 1 fully saturated rings. The molecule has 1 amide bonds. The van der Waals surface area contributed by atoms with Gasteiger partial charge in [0.15, 0.2) is 5.17 Å². The number of benzene rings is 2. The molecule has 2 aromatic carbocycles. The van der Waals surface area contributed by atoms with Gasteiger partial charge in [-0.05, 0) is 54.2 Å². The van der Waals surface area contributed by atoms with Crippen molar-refractivity contribution in [3.63, 3.8) is 0 Å². The molecule has 1 heterocycles. The normalized spacial score (nSPS) is 16.7. The number of hydrogen-bond acceptors (Lipinski definition) is 6. The first kappa shape index (κ1) is 17.9. The van der Waals surface area contributed by atoms with Gasteiger partial charge >= 0.3 is 0 Å². The van der Waals surface area contributed by atoms with Gasteiger partial charge in [0.2, 0.25) is 0 Å². The van der Waals surface area contributed by atoms with Crippen molar-refractivity contribution in [2.45, 2.75) is 0 Å². The van der Waals surface area contributed by atoms with E-state index in [4.69, 9.17) is 14.2 Å². The smallest absolute Gasteiger partial charge is 0.264 e. The van der Waals surface area contributed by atoms with E-state index in [9.17, 15) is 4.79 Å². The summed E-state index contributed by atoms with van der Waals surface area (Å²) in [5.74, 6) is 1.88. The number of rotatable bonds is 5. The van der Waals surface area contributed by atoms with E-state index in [1.165, 1.54) is 11.8 Å². The van der Waals surface area contributed by atoms with Crippen LogP contribution in [0.25, 0.3) is 6.08 Å². The summed E-state index contributed by atoms with van der Waals surface area (Å²) in [5, 5.41) is 3.30. The van der Waals surface area contributed by atoms with Crippen LogP contribution < -0.4 is 19.5 Å². The fourth-order valence-electron chi connectivity index (χ4n) is 2.33. The van der Waals surface area contributed by atoms with E-state index in [0.717, 1.165) is 17.0 Å². The standard InChI is InChI=1S/C19H18N2O4S/c1-23-14-8-5-13(6-9-14)20-19-21-18(22)17(26-19)10-12-4-7-15(24-2)11-16(12)25-3/h4-11H,1-3H3,(H,20,21,22)/b17-10-. The number of aliphatic imine (C=N–C) groups is 1. The van der Waals surface area contributed by atoms with E-state index in [-0.39, 0.29) is 5.91 Å². The summed E-state index contributed by atoms with van der Waals surface area (Å²) < 4.78 is 15.7. The van der Waals surface area contributed by atoms with Crippen LogP contribution in [-0.4, -0.2) is 32.4 Å². The Morgan fingerprint density at radius 2 is 1.65 bits per heavy atom. The number of methoxy groups -OCH3 is 3. The zero-order valence-electron chi connectivity index (χ0n) is 14.6. The zero-order chi connectivity index (χ0) is 18.5. The van der Waals surface area contributed by atoms with Gasteiger partial charge in [0.05, 0.1) is 31.9 Å². The van der Waals surface area contributed by atoms with Crippen molar-refractivity contribution >= 4 is 34.6 Å². The van der Waals surface area contributed by atoms with E-state index in [2.05, 4.69) is 10.3 Å². The van der Waals surface area contributed by atoms with Crippen molar-refractivity contribution in [2.75, 3.05) is 21.3 Å². The van der Waals surface area contributed by atoms with Crippen LogP contribution in [0, 0.1) is 0 Å². The quantitative estimate of drug-likeness (QED) is 0.815. The molecule has 0 unspecified atom stereocenters. The van der Waals surface area contributed by atoms with E-state index in [1.54, 1.807) is 33.5 Å². The highest BCUT2D eigenvalue weighted by atomic mass is 32.2. The number of carbonyl (C=O) groups is 1.